The molecule has 0 aliphatic heterocycles. The maximum Gasteiger partial charge on any atom is 0.314 e. The molecule has 0 atom stereocenters. The maximum absolute atomic E-state index is 13.1. The lowest BCUT2D eigenvalue weighted by atomic mass is 10.3. The highest BCUT2D eigenvalue weighted by atomic mass is 35.5. The third-order valence-corrected chi connectivity index (χ3v) is 2.71. The van der Waals surface area contributed by atoms with Gasteiger partial charge in [0.25, 0.3) is 0 Å². The summed E-state index contributed by atoms with van der Waals surface area (Å²) in [6.45, 7) is 0.681. The molecule has 0 unspecified atom stereocenters. The fourth-order valence-corrected chi connectivity index (χ4v) is 1.52. The normalized spacial score (nSPS) is 10.0. The van der Waals surface area contributed by atoms with Crippen molar-refractivity contribution >= 4 is 23.6 Å². The summed E-state index contributed by atoms with van der Waals surface area (Å²) in [6.07, 6.45) is 0.370. The monoisotopic (exact) mass is 318 g/mol. The summed E-state index contributed by atoms with van der Waals surface area (Å²) in [4.78, 5) is 21.5. The lowest BCUT2D eigenvalue weighted by Crippen LogP contribution is -2.38. The van der Waals surface area contributed by atoms with Crippen LogP contribution in [0.2, 0.25) is 5.02 Å². The van der Waals surface area contributed by atoms with E-state index < -0.39 is 17.8 Å². The number of amides is 2. The van der Waals surface area contributed by atoms with Gasteiger partial charge in [-0.3, -0.25) is 4.79 Å². The van der Waals surface area contributed by atoms with Crippen LogP contribution in [0, 0.1) is 5.82 Å². The highest BCUT2D eigenvalue weighted by molar-refractivity contribution is 6.30. The van der Waals surface area contributed by atoms with Crippen molar-refractivity contribution in [2.75, 3.05) is 19.7 Å². The predicted molar refractivity (Wildman–Crippen MR) is 75.2 cm³/mol. The van der Waals surface area contributed by atoms with Crippen molar-refractivity contribution in [2.24, 2.45) is 0 Å². The molecular formula is C13H16ClFN2O4. The van der Waals surface area contributed by atoms with Crippen LogP contribution >= 0.6 is 11.6 Å². The minimum absolute atomic E-state index is 0.00548. The zero-order chi connectivity index (χ0) is 15.7. The number of benzene rings is 1. The van der Waals surface area contributed by atoms with Crippen LogP contribution in [0.1, 0.15) is 12.8 Å². The molecule has 8 heteroatoms. The predicted octanol–water partition coefficient (Wildman–Crippen LogP) is 2.02. The van der Waals surface area contributed by atoms with E-state index in [9.17, 15) is 14.0 Å². The number of carboxylic acids is 1. The van der Waals surface area contributed by atoms with Gasteiger partial charge in [0.2, 0.25) is 0 Å². The van der Waals surface area contributed by atoms with Crippen molar-refractivity contribution < 1.29 is 23.8 Å². The highest BCUT2D eigenvalue weighted by Gasteiger charge is 2.03. The second-order valence-corrected chi connectivity index (χ2v) is 4.51. The minimum atomic E-state index is -0.902. The number of carbonyl (C=O) groups excluding carboxylic acids is 1. The number of carboxylic acid groups (broad SMARTS) is 1. The van der Waals surface area contributed by atoms with Crippen LogP contribution in [0.15, 0.2) is 18.2 Å². The molecule has 0 saturated carbocycles. The van der Waals surface area contributed by atoms with Crippen molar-refractivity contribution in [1.82, 2.24) is 10.6 Å². The molecule has 21 heavy (non-hydrogen) atoms. The molecule has 2 amide bonds. The second kappa shape index (κ2) is 9.02. The van der Waals surface area contributed by atoms with Crippen molar-refractivity contribution in [3.05, 3.63) is 29.0 Å². The number of rotatable bonds is 8. The summed E-state index contributed by atoms with van der Waals surface area (Å²) < 4.78 is 18.3. The molecule has 116 valence electrons. The van der Waals surface area contributed by atoms with Crippen LogP contribution < -0.4 is 15.4 Å². The van der Waals surface area contributed by atoms with E-state index in [0.717, 1.165) is 6.07 Å². The summed E-state index contributed by atoms with van der Waals surface area (Å²) in [5.41, 5.74) is 0. The summed E-state index contributed by atoms with van der Waals surface area (Å²) in [5.74, 6) is -1.15. The molecule has 1 aromatic carbocycles. The van der Waals surface area contributed by atoms with E-state index in [1.807, 2.05) is 0 Å². The molecule has 0 fully saturated rings. The second-order valence-electron chi connectivity index (χ2n) is 4.10. The Morgan fingerprint density at radius 1 is 1.29 bits per heavy atom. The van der Waals surface area contributed by atoms with Gasteiger partial charge < -0.3 is 20.5 Å². The molecule has 0 radical (unpaired) electrons. The maximum atomic E-state index is 13.1. The van der Waals surface area contributed by atoms with Gasteiger partial charge in [0, 0.05) is 19.0 Å². The van der Waals surface area contributed by atoms with Crippen LogP contribution in [0.25, 0.3) is 0 Å². The average molecular weight is 319 g/mol. The minimum Gasteiger partial charge on any atom is -0.492 e. The van der Waals surface area contributed by atoms with Crippen LogP contribution in [-0.2, 0) is 4.79 Å². The van der Waals surface area contributed by atoms with Crippen molar-refractivity contribution in [3.8, 4) is 5.75 Å². The summed E-state index contributed by atoms with van der Waals surface area (Å²) in [6, 6.07) is 3.66. The quantitative estimate of drug-likeness (QED) is 0.640. The molecule has 1 aromatic rings. The number of nitrogens with one attached hydrogen (secondary N) is 2. The first-order valence-electron chi connectivity index (χ1n) is 6.30. The molecule has 1 rings (SSSR count). The Morgan fingerprint density at radius 2 is 2.00 bits per heavy atom. The topological polar surface area (TPSA) is 87.7 Å². The van der Waals surface area contributed by atoms with Gasteiger partial charge in [0.15, 0.2) is 0 Å². The molecule has 0 aliphatic carbocycles. The van der Waals surface area contributed by atoms with E-state index >= 15 is 0 Å². The Labute approximate surface area is 126 Å². The zero-order valence-corrected chi connectivity index (χ0v) is 12.0. The number of hydrogen-bond acceptors (Lipinski definition) is 3. The molecule has 0 bridgehead atoms. The average Bonchev–Trinajstić information content (AvgIpc) is 2.43. The van der Waals surface area contributed by atoms with Gasteiger partial charge in [-0.2, -0.15) is 0 Å². The van der Waals surface area contributed by atoms with Gasteiger partial charge in [0.1, 0.15) is 18.2 Å². The fourth-order valence-electron chi connectivity index (χ4n) is 1.40. The third-order valence-electron chi connectivity index (χ3n) is 2.40. The van der Waals surface area contributed by atoms with E-state index in [4.69, 9.17) is 21.4 Å². The zero-order valence-electron chi connectivity index (χ0n) is 11.2. The molecule has 0 aromatic heterocycles. The van der Waals surface area contributed by atoms with E-state index in [2.05, 4.69) is 10.6 Å². The van der Waals surface area contributed by atoms with Crippen LogP contribution in [0.3, 0.4) is 0 Å². The fraction of sp³-hybridized carbons (Fsp3) is 0.385. The van der Waals surface area contributed by atoms with E-state index in [1.54, 1.807) is 0 Å². The Balaban J connectivity index is 2.11. The SMILES string of the molecule is O=C(O)CCCNC(=O)NCCOc1ccc(Cl)c(F)c1. The number of halogens is 2. The molecule has 0 heterocycles. The molecule has 0 aliphatic rings. The van der Waals surface area contributed by atoms with E-state index in [1.165, 1.54) is 12.1 Å². The summed E-state index contributed by atoms with van der Waals surface area (Å²) in [5, 5.41) is 13.5. The first-order valence-corrected chi connectivity index (χ1v) is 6.68. The molecule has 0 saturated heterocycles. The summed E-state index contributed by atoms with van der Waals surface area (Å²) >= 11 is 5.53. The molecular weight excluding hydrogens is 303 g/mol. The van der Waals surface area contributed by atoms with Gasteiger partial charge in [0.05, 0.1) is 11.6 Å². The molecule has 0 spiro atoms. The number of ether oxygens (including phenoxy) is 1. The smallest absolute Gasteiger partial charge is 0.314 e. The Morgan fingerprint density at radius 3 is 2.67 bits per heavy atom. The van der Waals surface area contributed by atoms with Crippen molar-refractivity contribution in [2.45, 2.75) is 12.8 Å². The van der Waals surface area contributed by atoms with Gasteiger partial charge in [-0.25, -0.2) is 9.18 Å². The van der Waals surface area contributed by atoms with Crippen LogP contribution in [-0.4, -0.2) is 36.8 Å². The van der Waals surface area contributed by atoms with Gasteiger partial charge in [-0.1, -0.05) is 11.6 Å². The lowest BCUT2D eigenvalue weighted by Gasteiger charge is -2.09. The number of carbonyl (C=O) groups is 2. The standard InChI is InChI=1S/C13H16ClFN2O4/c14-10-4-3-9(8-11(10)15)21-7-6-17-13(20)16-5-1-2-12(18)19/h3-4,8H,1-2,5-7H2,(H,18,19)(H2,16,17,20). The number of urea groups is 1. The number of aliphatic carboxylic acids is 1. The van der Waals surface area contributed by atoms with Crippen LogP contribution in [0.5, 0.6) is 5.75 Å². The first-order chi connectivity index (χ1) is 9.99. The van der Waals surface area contributed by atoms with Crippen molar-refractivity contribution in [3.63, 3.8) is 0 Å². The highest BCUT2D eigenvalue weighted by Crippen LogP contribution is 2.20. The summed E-state index contributed by atoms with van der Waals surface area (Å²) in [7, 11) is 0. The van der Waals surface area contributed by atoms with Crippen LogP contribution in [0.4, 0.5) is 9.18 Å². The molecule has 6 nitrogen and oxygen atoms in total. The third kappa shape index (κ3) is 7.36. The largest absolute Gasteiger partial charge is 0.492 e. The van der Waals surface area contributed by atoms with Gasteiger partial charge >= 0.3 is 12.0 Å². The van der Waals surface area contributed by atoms with Gasteiger partial charge in [-0.05, 0) is 18.6 Å². The van der Waals surface area contributed by atoms with Crippen molar-refractivity contribution in [1.29, 1.82) is 0 Å². The number of hydrogen-bond donors (Lipinski definition) is 3. The Hall–Kier alpha value is -2.02. The van der Waals surface area contributed by atoms with Gasteiger partial charge in [-0.15, -0.1) is 0 Å². The lowest BCUT2D eigenvalue weighted by molar-refractivity contribution is -0.137. The molecule has 3 N–H and O–H groups in total. The Kier molecular flexibility index (Phi) is 7.31. The van der Waals surface area contributed by atoms with E-state index in [-0.39, 0.29) is 31.1 Å². The Bertz CT molecular complexity index is 499. The first kappa shape index (κ1) is 17.0. The van der Waals surface area contributed by atoms with E-state index in [0.29, 0.717) is 12.2 Å².